The smallest absolute Gasteiger partial charge is 0.456 e. The lowest BCUT2D eigenvalue weighted by Crippen LogP contribution is -2.46. The first-order valence-electron chi connectivity index (χ1n) is 21.5. The number of para-hydroxylation sites is 1. The van der Waals surface area contributed by atoms with Gasteiger partial charge in [0.2, 0.25) is 0 Å². The Morgan fingerprint density at radius 2 is 1.03 bits per heavy atom. The van der Waals surface area contributed by atoms with Gasteiger partial charge in [-0.3, -0.25) is 0 Å². The summed E-state index contributed by atoms with van der Waals surface area (Å²) in [4.78, 5) is 0. The molecule has 1 aliphatic heterocycles. The number of hydrogen-bond donors (Lipinski definition) is 0. The lowest BCUT2D eigenvalue weighted by Gasteiger charge is -2.36. The summed E-state index contributed by atoms with van der Waals surface area (Å²) in [5, 5.41) is 14.2. The van der Waals surface area contributed by atoms with Gasteiger partial charge in [-0.15, -0.1) is 0 Å². The van der Waals surface area contributed by atoms with E-state index < -0.39 is 18.3 Å². The molecular weight excluding hydrogens is 761 g/mol. The summed E-state index contributed by atoms with van der Waals surface area (Å²) in [6.07, 6.45) is 0.698. The molecule has 0 aliphatic carbocycles. The minimum Gasteiger partial charge on any atom is -0.456 e. The number of fused-ring (bicyclic) bond motifs is 14. The summed E-state index contributed by atoms with van der Waals surface area (Å²) in [6, 6.07) is 59.2. The van der Waals surface area contributed by atoms with Crippen LogP contribution in [0.5, 0.6) is 0 Å². The molecule has 0 bridgehead atoms. The second kappa shape index (κ2) is 12.0. The van der Waals surface area contributed by atoms with Gasteiger partial charge in [0.05, 0.1) is 27.8 Å². The van der Waals surface area contributed by atoms with Crippen molar-refractivity contribution in [3.63, 3.8) is 0 Å². The lowest BCUT2D eigenvalue weighted by molar-refractivity contribution is -0.00875. The monoisotopic (exact) mass is 799 g/mol. The van der Waals surface area contributed by atoms with E-state index >= 15 is 0 Å². The summed E-state index contributed by atoms with van der Waals surface area (Å²) in [6.45, 7) is 6.51. The predicted octanol–water partition coefficient (Wildman–Crippen LogP) is 14.1. The second-order valence-electron chi connectivity index (χ2n) is 18.2. The third kappa shape index (κ3) is 4.76. The van der Waals surface area contributed by atoms with Gasteiger partial charge in [-0.2, -0.15) is 0 Å². The van der Waals surface area contributed by atoms with Crippen LogP contribution in [0, 0.1) is 0 Å². The molecule has 13 aromatic rings. The van der Waals surface area contributed by atoms with E-state index in [4.69, 9.17) is 18.1 Å². The fourth-order valence-electron chi connectivity index (χ4n) is 10.7. The maximum atomic E-state index is 7.00. The molecule has 62 heavy (non-hydrogen) atoms. The molecule has 6 heteroatoms. The fraction of sp³-hybridized carbons (Fsp3) is 0.107. The second-order valence-corrected chi connectivity index (χ2v) is 18.2. The number of furan rings is 2. The van der Waals surface area contributed by atoms with Gasteiger partial charge < -0.3 is 22.5 Å². The Labute approximate surface area is 356 Å². The number of aromatic nitrogens is 1. The van der Waals surface area contributed by atoms with Crippen molar-refractivity contribution < 1.29 is 18.1 Å². The minimum absolute atomic E-state index is 0.512. The van der Waals surface area contributed by atoms with Crippen LogP contribution in [0.2, 0.25) is 0 Å². The Morgan fingerprint density at radius 1 is 0.435 bits per heavy atom. The van der Waals surface area contributed by atoms with Crippen LogP contribution < -0.4 is 5.46 Å². The average molecular weight is 800 g/mol. The van der Waals surface area contributed by atoms with Crippen LogP contribution >= 0.6 is 0 Å². The van der Waals surface area contributed by atoms with E-state index in [1.54, 1.807) is 0 Å². The standard InChI is InChI=1S/C56H38BNO4/c1-55(2)56(3,62-57(61-55)39-18-22-51-47(30-39)46-25-34-10-5-7-12-36(34)29-53(46)60-51)31-32-15-20-48-43(23-32)42-14-8-13-41-40-19-16-38(27-49(40)58(48)54(41)42)37-17-21-50-44(26-37)45-24-33-9-4-6-11-35(33)28-52(45)59-50/h4-30H,31H2,1-3H3. The molecule has 0 spiro atoms. The molecule has 0 N–H and O–H groups in total. The van der Waals surface area contributed by atoms with E-state index in [-0.39, 0.29) is 0 Å². The Hall–Kier alpha value is -7.12. The molecule has 0 radical (unpaired) electrons. The highest BCUT2D eigenvalue weighted by atomic mass is 16.7. The largest absolute Gasteiger partial charge is 0.494 e. The summed E-state index contributed by atoms with van der Waals surface area (Å²) in [5.74, 6) is 0. The molecule has 5 nitrogen and oxygen atoms in total. The maximum absolute atomic E-state index is 7.00. The van der Waals surface area contributed by atoms with Gasteiger partial charge in [0.15, 0.2) is 0 Å². The van der Waals surface area contributed by atoms with Crippen molar-refractivity contribution >= 4 is 116 Å². The van der Waals surface area contributed by atoms with E-state index in [1.807, 2.05) is 0 Å². The highest BCUT2D eigenvalue weighted by molar-refractivity contribution is 6.62. The zero-order valence-corrected chi connectivity index (χ0v) is 34.5. The zero-order valence-electron chi connectivity index (χ0n) is 34.5. The summed E-state index contributed by atoms with van der Waals surface area (Å²) in [7, 11) is -0.512. The molecule has 1 saturated heterocycles. The first-order chi connectivity index (χ1) is 30.2. The topological polar surface area (TPSA) is 49.2 Å². The Kier molecular flexibility index (Phi) is 6.71. The molecule has 1 fully saturated rings. The van der Waals surface area contributed by atoms with Crippen molar-refractivity contribution in [1.82, 2.24) is 4.40 Å². The molecule has 1 unspecified atom stereocenters. The van der Waals surface area contributed by atoms with E-state index in [9.17, 15) is 0 Å². The summed E-state index contributed by atoms with van der Waals surface area (Å²) < 4.78 is 28.9. The van der Waals surface area contributed by atoms with Crippen LogP contribution in [0.25, 0.3) is 115 Å². The molecule has 9 aromatic carbocycles. The van der Waals surface area contributed by atoms with Gasteiger partial charge in [0.25, 0.3) is 0 Å². The predicted molar refractivity (Wildman–Crippen MR) is 256 cm³/mol. The van der Waals surface area contributed by atoms with E-state index in [2.05, 4.69) is 189 Å². The van der Waals surface area contributed by atoms with Gasteiger partial charge in [-0.25, -0.2) is 0 Å². The normalized spacial score (nSPS) is 17.0. The van der Waals surface area contributed by atoms with Gasteiger partial charge in [0, 0.05) is 49.5 Å². The van der Waals surface area contributed by atoms with Crippen LogP contribution in [-0.4, -0.2) is 22.7 Å². The third-order valence-electron chi connectivity index (χ3n) is 14.3. The van der Waals surface area contributed by atoms with Crippen molar-refractivity contribution in [2.24, 2.45) is 0 Å². The molecular formula is C56H38BNO4. The molecule has 5 heterocycles. The first-order valence-corrected chi connectivity index (χ1v) is 21.5. The average Bonchev–Trinajstić information content (AvgIpc) is 4.07. The third-order valence-corrected chi connectivity index (χ3v) is 14.3. The summed E-state index contributed by atoms with van der Waals surface area (Å²) >= 11 is 0. The molecule has 294 valence electrons. The van der Waals surface area contributed by atoms with E-state index in [0.29, 0.717) is 6.42 Å². The van der Waals surface area contributed by atoms with Crippen LogP contribution in [0.4, 0.5) is 0 Å². The highest BCUT2D eigenvalue weighted by Gasteiger charge is 2.54. The van der Waals surface area contributed by atoms with Crippen molar-refractivity contribution in [2.75, 3.05) is 0 Å². The Balaban J connectivity index is 0.829. The zero-order chi connectivity index (χ0) is 41.1. The molecule has 1 aliphatic rings. The Bertz CT molecular complexity index is 4040. The van der Waals surface area contributed by atoms with Crippen LogP contribution in [0.1, 0.15) is 26.3 Å². The molecule has 0 saturated carbocycles. The number of rotatable bonds is 4. The van der Waals surface area contributed by atoms with Crippen molar-refractivity contribution in [3.05, 3.63) is 169 Å². The maximum Gasteiger partial charge on any atom is 0.494 e. The molecule has 0 amide bonds. The quantitative estimate of drug-likeness (QED) is 0.166. The Morgan fingerprint density at radius 3 is 1.74 bits per heavy atom. The van der Waals surface area contributed by atoms with Gasteiger partial charge in [-0.05, 0) is 125 Å². The SMILES string of the molecule is CC1(C)OB(c2ccc3oc4cc5ccccc5cc4c3c2)OC1(C)Cc1ccc2c(c1)c1cccc3c4ccc(-c5ccc6oc7cc8ccccc8cc7c6c5)cc4n2c13. The highest BCUT2D eigenvalue weighted by Crippen LogP contribution is 2.44. The minimum atomic E-state index is -0.592. The number of nitrogens with zero attached hydrogens (tertiary/aromatic N) is 1. The molecule has 4 aromatic heterocycles. The van der Waals surface area contributed by atoms with Crippen LogP contribution in [-0.2, 0) is 15.7 Å². The first kappa shape index (κ1) is 34.6. The van der Waals surface area contributed by atoms with Crippen molar-refractivity contribution in [3.8, 4) is 11.1 Å². The summed E-state index contributed by atoms with van der Waals surface area (Å²) in [5.41, 5.74) is 10.6. The molecule has 14 rings (SSSR count). The molecule has 1 atom stereocenters. The van der Waals surface area contributed by atoms with Gasteiger partial charge in [0.1, 0.15) is 22.3 Å². The van der Waals surface area contributed by atoms with Gasteiger partial charge >= 0.3 is 7.12 Å². The van der Waals surface area contributed by atoms with Crippen molar-refractivity contribution in [2.45, 2.75) is 38.4 Å². The van der Waals surface area contributed by atoms with Crippen LogP contribution in [0.15, 0.2) is 173 Å². The van der Waals surface area contributed by atoms with E-state index in [1.165, 1.54) is 76.3 Å². The number of hydrogen-bond acceptors (Lipinski definition) is 4. The van der Waals surface area contributed by atoms with Gasteiger partial charge in [-0.1, -0.05) is 103 Å². The van der Waals surface area contributed by atoms with Crippen LogP contribution in [0.3, 0.4) is 0 Å². The van der Waals surface area contributed by atoms with Crippen molar-refractivity contribution in [1.29, 1.82) is 0 Å². The van der Waals surface area contributed by atoms with E-state index in [0.717, 1.165) is 49.3 Å². The fourth-order valence-corrected chi connectivity index (χ4v) is 10.7. The lowest BCUT2D eigenvalue weighted by atomic mass is 9.78. The number of benzene rings is 9.